The Morgan fingerprint density at radius 2 is 1.84 bits per heavy atom. The summed E-state index contributed by atoms with van der Waals surface area (Å²) in [5.74, 6) is 0. The monoisotopic (exact) mass is 528 g/mol. The van der Waals surface area contributed by atoms with Crippen LogP contribution < -0.4 is 5.56 Å². The highest BCUT2D eigenvalue weighted by Crippen LogP contribution is 2.39. The SMILES string of the molecule is N#CC1(c2ccccc2Cl)CCN(Cc2cc3c(=O)n([C@H]4CCOC[C@@H]4O)cnc3c3ccccc23)CC1. The fraction of sp³-hybridized carbons (Fsp3) is 0.367. The van der Waals surface area contributed by atoms with Crippen molar-refractivity contribution < 1.29 is 9.84 Å². The van der Waals surface area contributed by atoms with Crippen LogP contribution in [0.4, 0.5) is 0 Å². The molecule has 2 aliphatic rings. The second-order valence-corrected chi connectivity index (χ2v) is 10.8. The molecule has 3 aromatic carbocycles. The molecule has 2 fully saturated rings. The van der Waals surface area contributed by atoms with E-state index in [4.69, 9.17) is 16.3 Å². The van der Waals surface area contributed by atoms with E-state index < -0.39 is 11.5 Å². The predicted octanol–water partition coefficient (Wildman–Crippen LogP) is 4.58. The molecule has 38 heavy (non-hydrogen) atoms. The van der Waals surface area contributed by atoms with Gasteiger partial charge in [0.05, 0.1) is 47.5 Å². The summed E-state index contributed by atoms with van der Waals surface area (Å²) < 4.78 is 6.93. The van der Waals surface area contributed by atoms with E-state index in [0.717, 1.165) is 35.0 Å². The number of aliphatic hydroxyl groups is 1. The highest BCUT2D eigenvalue weighted by Gasteiger charge is 2.38. The third kappa shape index (κ3) is 4.28. The van der Waals surface area contributed by atoms with Gasteiger partial charge in [0.2, 0.25) is 0 Å². The van der Waals surface area contributed by atoms with Crippen molar-refractivity contribution in [2.45, 2.75) is 43.4 Å². The van der Waals surface area contributed by atoms with Crippen LogP contribution in [0.5, 0.6) is 0 Å². The van der Waals surface area contributed by atoms with Crippen LogP contribution in [-0.4, -0.2) is 52.0 Å². The lowest BCUT2D eigenvalue weighted by atomic mass is 9.74. The van der Waals surface area contributed by atoms with E-state index in [1.165, 1.54) is 0 Å². The first-order valence-electron chi connectivity index (χ1n) is 13.1. The number of rotatable bonds is 4. The number of nitrogens with zero attached hydrogens (tertiary/aromatic N) is 4. The zero-order valence-electron chi connectivity index (χ0n) is 21.0. The Balaban J connectivity index is 1.34. The highest BCUT2D eigenvalue weighted by molar-refractivity contribution is 6.31. The van der Waals surface area contributed by atoms with E-state index in [-0.39, 0.29) is 18.2 Å². The van der Waals surface area contributed by atoms with E-state index >= 15 is 0 Å². The molecule has 4 aromatic rings. The number of halogens is 1. The molecule has 3 heterocycles. The topological polar surface area (TPSA) is 91.4 Å². The van der Waals surface area contributed by atoms with Crippen LogP contribution in [0, 0.1) is 11.3 Å². The van der Waals surface area contributed by atoms with Crippen molar-refractivity contribution in [2.75, 3.05) is 26.3 Å². The van der Waals surface area contributed by atoms with Crippen molar-refractivity contribution in [3.63, 3.8) is 0 Å². The van der Waals surface area contributed by atoms with Gasteiger partial charge in [-0.15, -0.1) is 0 Å². The summed E-state index contributed by atoms with van der Waals surface area (Å²) in [6.07, 6.45) is 2.77. The number of aromatic nitrogens is 2. The third-order valence-corrected chi connectivity index (χ3v) is 8.56. The lowest BCUT2D eigenvalue weighted by molar-refractivity contribution is -0.0395. The number of fused-ring (bicyclic) bond motifs is 3. The van der Waals surface area contributed by atoms with Gasteiger partial charge in [0, 0.05) is 36.7 Å². The van der Waals surface area contributed by atoms with Gasteiger partial charge in [-0.05, 0) is 47.9 Å². The maximum Gasteiger partial charge on any atom is 0.261 e. The summed E-state index contributed by atoms with van der Waals surface area (Å²) in [7, 11) is 0. The van der Waals surface area contributed by atoms with Gasteiger partial charge in [0.1, 0.15) is 0 Å². The van der Waals surface area contributed by atoms with Crippen molar-refractivity contribution >= 4 is 33.3 Å². The number of hydrogen-bond donors (Lipinski definition) is 1. The van der Waals surface area contributed by atoms with E-state index in [9.17, 15) is 15.2 Å². The molecule has 2 aliphatic heterocycles. The molecule has 2 saturated heterocycles. The first-order valence-corrected chi connectivity index (χ1v) is 13.4. The molecule has 8 heteroatoms. The molecule has 0 aliphatic carbocycles. The summed E-state index contributed by atoms with van der Waals surface area (Å²) in [6, 6.07) is 19.9. The van der Waals surface area contributed by atoms with Gasteiger partial charge in [-0.25, -0.2) is 4.98 Å². The van der Waals surface area contributed by atoms with E-state index in [1.807, 2.05) is 48.5 Å². The molecule has 7 nitrogen and oxygen atoms in total. The number of nitriles is 1. The van der Waals surface area contributed by atoms with E-state index in [2.05, 4.69) is 22.0 Å². The van der Waals surface area contributed by atoms with Crippen molar-refractivity contribution in [3.8, 4) is 6.07 Å². The number of ether oxygens (including phenoxy) is 1. The molecule has 0 amide bonds. The minimum Gasteiger partial charge on any atom is -0.389 e. The molecular formula is C30H29ClN4O3. The Labute approximate surface area is 225 Å². The number of likely N-dealkylation sites (tertiary alicyclic amines) is 1. The highest BCUT2D eigenvalue weighted by atomic mass is 35.5. The average Bonchev–Trinajstić information content (AvgIpc) is 2.95. The van der Waals surface area contributed by atoms with Gasteiger partial charge in [0.25, 0.3) is 5.56 Å². The fourth-order valence-corrected chi connectivity index (χ4v) is 6.39. The summed E-state index contributed by atoms with van der Waals surface area (Å²) >= 11 is 6.48. The van der Waals surface area contributed by atoms with Crippen molar-refractivity contribution in [2.24, 2.45) is 0 Å². The average molecular weight is 529 g/mol. The molecule has 1 N–H and O–H groups in total. The van der Waals surface area contributed by atoms with Crippen molar-refractivity contribution in [3.05, 3.63) is 87.4 Å². The Kier molecular flexibility index (Phi) is 6.67. The second-order valence-electron chi connectivity index (χ2n) is 10.4. The van der Waals surface area contributed by atoms with Crippen LogP contribution in [-0.2, 0) is 16.7 Å². The fourth-order valence-electron chi connectivity index (χ4n) is 6.08. The van der Waals surface area contributed by atoms with Crippen LogP contribution >= 0.6 is 11.6 Å². The first-order chi connectivity index (χ1) is 18.5. The molecule has 6 rings (SSSR count). The van der Waals surface area contributed by atoms with Crippen LogP contribution in [0.1, 0.15) is 36.4 Å². The summed E-state index contributed by atoms with van der Waals surface area (Å²) in [5, 5.41) is 23.8. The lowest BCUT2D eigenvalue weighted by Gasteiger charge is -2.38. The number of hydrogen-bond acceptors (Lipinski definition) is 6. The summed E-state index contributed by atoms with van der Waals surface area (Å²) in [5.41, 5.74) is 1.89. The summed E-state index contributed by atoms with van der Waals surface area (Å²) in [4.78, 5) is 20.7. The molecule has 0 unspecified atom stereocenters. The van der Waals surface area contributed by atoms with Gasteiger partial charge in [-0.2, -0.15) is 5.26 Å². The molecule has 0 saturated carbocycles. The van der Waals surface area contributed by atoms with Gasteiger partial charge >= 0.3 is 0 Å². The molecule has 194 valence electrons. The van der Waals surface area contributed by atoms with Gasteiger partial charge in [-0.3, -0.25) is 14.3 Å². The van der Waals surface area contributed by atoms with Gasteiger partial charge in [-0.1, -0.05) is 54.1 Å². The maximum absolute atomic E-state index is 13.7. The largest absolute Gasteiger partial charge is 0.389 e. The summed E-state index contributed by atoms with van der Waals surface area (Å²) in [6.45, 7) is 2.87. The Bertz CT molecular complexity index is 1600. The molecular weight excluding hydrogens is 500 g/mol. The normalized spacial score (nSPS) is 21.9. The standard InChI is InChI=1S/C30H29ClN4O3/c31-25-8-4-3-7-24(25)30(18-32)10-12-34(13-11-30)16-20-15-23-28(22-6-2-1-5-21(20)22)33-19-35(29(23)37)26-9-14-38-17-27(26)36/h1-8,15,19,26-27,36H,9-14,16-17H2/t26-,27-/m0/s1. The van der Waals surface area contributed by atoms with Gasteiger partial charge < -0.3 is 9.84 Å². The van der Waals surface area contributed by atoms with Crippen LogP contribution in [0.2, 0.25) is 5.02 Å². The third-order valence-electron chi connectivity index (χ3n) is 8.23. The van der Waals surface area contributed by atoms with Crippen LogP contribution in [0.3, 0.4) is 0 Å². The molecule has 1 aromatic heterocycles. The predicted molar refractivity (Wildman–Crippen MR) is 147 cm³/mol. The Hall–Kier alpha value is -3.28. The number of piperidine rings is 1. The van der Waals surface area contributed by atoms with Crippen molar-refractivity contribution in [1.82, 2.24) is 14.5 Å². The van der Waals surface area contributed by atoms with E-state index in [0.29, 0.717) is 48.3 Å². The van der Waals surface area contributed by atoms with Gasteiger partial charge in [0.15, 0.2) is 0 Å². The minimum absolute atomic E-state index is 0.145. The quantitative estimate of drug-likeness (QED) is 0.390. The lowest BCUT2D eigenvalue weighted by Crippen LogP contribution is -2.41. The molecule has 0 spiro atoms. The van der Waals surface area contributed by atoms with Crippen molar-refractivity contribution in [1.29, 1.82) is 5.26 Å². The Morgan fingerprint density at radius 3 is 2.58 bits per heavy atom. The molecule has 0 radical (unpaired) electrons. The number of aliphatic hydroxyl groups excluding tert-OH is 1. The smallest absolute Gasteiger partial charge is 0.261 e. The molecule has 2 atom stereocenters. The minimum atomic E-state index is -0.743. The Morgan fingerprint density at radius 1 is 1.11 bits per heavy atom. The zero-order valence-corrected chi connectivity index (χ0v) is 21.8. The first kappa shape index (κ1) is 25.0. The zero-order chi connectivity index (χ0) is 26.3. The second kappa shape index (κ2) is 10.1. The molecule has 0 bridgehead atoms. The number of benzene rings is 3. The van der Waals surface area contributed by atoms with E-state index in [1.54, 1.807) is 10.9 Å². The van der Waals surface area contributed by atoms with Crippen LogP contribution in [0.25, 0.3) is 21.7 Å². The van der Waals surface area contributed by atoms with Crippen LogP contribution in [0.15, 0.2) is 65.7 Å². The maximum atomic E-state index is 13.7.